The van der Waals surface area contributed by atoms with Crippen molar-refractivity contribution < 1.29 is 13.9 Å². The van der Waals surface area contributed by atoms with Gasteiger partial charge in [-0.1, -0.05) is 0 Å². The highest BCUT2D eigenvalue weighted by molar-refractivity contribution is 5.73. The molecule has 0 radical (unpaired) electrons. The molecule has 9 nitrogen and oxygen atoms in total. The summed E-state index contributed by atoms with van der Waals surface area (Å²) in [5, 5.41) is 11.7. The lowest BCUT2D eigenvalue weighted by Gasteiger charge is -2.46. The lowest BCUT2D eigenvalue weighted by Crippen LogP contribution is -2.57. The maximum Gasteiger partial charge on any atom is 0.298 e. The van der Waals surface area contributed by atoms with Crippen LogP contribution in [0.2, 0.25) is 0 Å². The Morgan fingerprint density at radius 3 is 2.50 bits per heavy atom. The molecular formula is C24H26FN7O2. The number of benzene rings is 1. The second kappa shape index (κ2) is 7.98. The van der Waals surface area contributed by atoms with Gasteiger partial charge in [-0.05, 0) is 46.6 Å². The molecule has 1 aliphatic rings. The molecule has 0 unspecified atom stereocenters. The zero-order valence-electron chi connectivity index (χ0n) is 19.5. The summed E-state index contributed by atoms with van der Waals surface area (Å²) in [6, 6.07) is 4.76. The fourth-order valence-corrected chi connectivity index (χ4v) is 5.19. The highest BCUT2D eigenvalue weighted by Gasteiger charge is 2.38. The third-order valence-electron chi connectivity index (χ3n) is 6.08. The Kier molecular flexibility index (Phi) is 5.20. The van der Waals surface area contributed by atoms with Gasteiger partial charge in [0.05, 0.1) is 29.3 Å². The molecule has 1 saturated heterocycles. The highest BCUT2D eigenvalue weighted by atomic mass is 19.1. The van der Waals surface area contributed by atoms with Crippen molar-refractivity contribution in [2.45, 2.75) is 57.5 Å². The van der Waals surface area contributed by atoms with E-state index in [0.29, 0.717) is 17.2 Å². The summed E-state index contributed by atoms with van der Waals surface area (Å²) in [5.74, 6) is 0.129. The van der Waals surface area contributed by atoms with E-state index < -0.39 is 5.82 Å². The number of halogens is 1. The lowest BCUT2D eigenvalue weighted by molar-refractivity contribution is -0.120. The lowest BCUT2D eigenvalue weighted by atomic mass is 9.74. The maximum absolute atomic E-state index is 15.2. The van der Waals surface area contributed by atoms with Gasteiger partial charge < -0.3 is 10.1 Å². The molecule has 5 rings (SSSR count). The molecule has 4 heterocycles. The number of carbonyl (C=O) groups excluding carboxylic acids is 1. The van der Waals surface area contributed by atoms with Crippen molar-refractivity contribution in [3.8, 4) is 22.7 Å². The van der Waals surface area contributed by atoms with Gasteiger partial charge in [0.15, 0.2) is 0 Å². The van der Waals surface area contributed by atoms with E-state index in [4.69, 9.17) is 9.72 Å². The number of ether oxygens (including phenoxy) is 1. The van der Waals surface area contributed by atoms with Crippen LogP contribution < -0.4 is 10.1 Å². The molecule has 0 spiro atoms. The summed E-state index contributed by atoms with van der Waals surface area (Å²) in [6.45, 7) is 9.06. The fourth-order valence-electron chi connectivity index (χ4n) is 5.19. The number of nitrogens with one attached hydrogen (secondary N) is 1. The third-order valence-corrected chi connectivity index (χ3v) is 6.08. The van der Waals surface area contributed by atoms with Crippen LogP contribution in [-0.4, -0.2) is 46.9 Å². The molecule has 0 saturated carbocycles. The molecule has 3 aromatic heterocycles. The third kappa shape index (κ3) is 4.16. The molecule has 0 bridgehead atoms. The number of imidazole rings is 1. The number of hydrogen-bond acceptors (Lipinski definition) is 7. The Hall–Kier alpha value is -3.66. The smallest absolute Gasteiger partial charge is 0.298 e. The van der Waals surface area contributed by atoms with E-state index in [0.717, 1.165) is 18.5 Å². The predicted molar refractivity (Wildman–Crippen MR) is 123 cm³/mol. The van der Waals surface area contributed by atoms with E-state index in [1.807, 2.05) is 12.3 Å². The summed E-state index contributed by atoms with van der Waals surface area (Å²) in [6.07, 6.45) is 8.40. The maximum atomic E-state index is 15.2. The number of aromatic nitrogens is 6. The number of nitrogens with zero attached hydrogens (tertiary/aromatic N) is 6. The second-order valence-corrected chi connectivity index (χ2v) is 10.0. The Morgan fingerprint density at radius 2 is 1.82 bits per heavy atom. The van der Waals surface area contributed by atoms with Crippen LogP contribution in [0.4, 0.5) is 4.39 Å². The summed E-state index contributed by atoms with van der Waals surface area (Å²) in [5.41, 5.74) is 1.62. The Morgan fingerprint density at radius 1 is 1.12 bits per heavy atom. The first kappa shape index (κ1) is 22.1. The topological polar surface area (TPSA) is 99.2 Å². The van der Waals surface area contributed by atoms with Gasteiger partial charge >= 0.3 is 0 Å². The van der Waals surface area contributed by atoms with E-state index in [1.54, 1.807) is 10.6 Å². The minimum atomic E-state index is -0.614. The van der Waals surface area contributed by atoms with Gasteiger partial charge in [0, 0.05) is 47.2 Å². The average Bonchev–Trinajstić information content (AvgIpc) is 3.41. The van der Waals surface area contributed by atoms with E-state index in [2.05, 4.69) is 48.2 Å². The molecular weight excluding hydrogens is 437 g/mol. The first-order valence-corrected chi connectivity index (χ1v) is 11.1. The van der Waals surface area contributed by atoms with Crippen molar-refractivity contribution in [3.05, 3.63) is 54.5 Å². The Balaban J connectivity index is 1.55. The summed E-state index contributed by atoms with van der Waals surface area (Å²) in [7, 11) is 0. The van der Waals surface area contributed by atoms with Crippen LogP contribution in [0.1, 0.15) is 52.1 Å². The van der Waals surface area contributed by atoms with Gasteiger partial charge in [-0.15, -0.1) is 0 Å². The van der Waals surface area contributed by atoms with Crippen molar-refractivity contribution in [1.82, 2.24) is 34.7 Å². The van der Waals surface area contributed by atoms with Crippen molar-refractivity contribution in [2.24, 2.45) is 0 Å². The fraction of sp³-hybridized carbons (Fsp3) is 0.375. The first-order valence-electron chi connectivity index (χ1n) is 11.1. The summed E-state index contributed by atoms with van der Waals surface area (Å²) >= 11 is 0. The van der Waals surface area contributed by atoms with Crippen LogP contribution in [0, 0.1) is 5.82 Å². The van der Waals surface area contributed by atoms with Gasteiger partial charge in [0.1, 0.15) is 11.6 Å². The van der Waals surface area contributed by atoms with E-state index in [9.17, 15) is 4.79 Å². The molecule has 10 heteroatoms. The molecule has 34 heavy (non-hydrogen) atoms. The Labute approximate surface area is 196 Å². The highest BCUT2D eigenvalue weighted by Crippen LogP contribution is 2.39. The van der Waals surface area contributed by atoms with E-state index in [1.165, 1.54) is 29.3 Å². The number of rotatable bonds is 5. The van der Waals surface area contributed by atoms with Crippen LogP contribution in [-0.2, 0) is 4.79 Å². The molecule has 4 aromatic rings. The molecule has 1 N–H and O–H groups in total. The molecule has 0 atom stereocenters. The molecule has 1 aromatic carbocycles. The van der Waals surface area contributed by atoms with Crippen molar-refractivity contribution in [2.75, 3.05) is 0 Å². The van der Waals surface area contributed by atoms with E-state index in [-0.39, 0.29) is 34.8 Å². The molecule has 1 fully saturated rings. The van der Waals surface area contributed by atoms with Gasteiger partial charge in [0.2, 0.25) is 5.78 Å². The van der Waals surface area contributed by atoms with Gasteiger partial charge in [-0.2, -0.15) is 15.0 Å². The van der Waals surface area contributed by atoms with Gasteiger partial charge in [0.25, 0.3) is 6.47 Å². The van der Waals surface area contributed by atoms with Crippen LogP contribution >= 0.6 is 0 Å². The Bertz CT molecular complexity index is 1350. The monoisotopic (exact) mass is 463 g/mol. The van der Waals surface area contributed by atoms with Crippen molar-refractivity contribution in [3.63, 3.8) is 0 Å². The predicted octanol–water partition coefficient (Wildman–Crippen LogP) is 3.68. The van der Waals surface area contributed by atoms with Gasteiger partial charge in [-0.25, -0.2) is 14.4 Å². The quantitative estimate of drug-likeness (QED) is 0.451. The molecule has 176 valence electrons. The average molecular weight is 464 g/mol. The second-order valence-electron chi connectivity index (χ2n) is 10.0. The van der Waals surface area contributed by atoms with Crippen LogP contribution in [0.15, 0.2) is 43.0 Å². The summed E-state index contributed by atoms with van der Waals surface area (Å²) < 4.78 is 22.1. The standard InChI is InChI=1S/C24H26FN7O2/c1-23(2)11-15(12-24(3,4)30-23)18-5-8-31-13-19(29-22(31)28-18)21-17(25)9-16(10-20(21)34-14-33)32-26-6-7-27-32/h5-10,13-15,30H,11-12H2,1-4H3. The normalized spacial score (nSPS) is 17.7. The van der Waals surface area contributed by atoms with Gasteiger partial charge in [-0.3, -0.25) is 9.20 Å². The SMILES string of the molecule is CC1(C)CC(c2ccn3cc(-c4c(F)cc(-n5nccn5)cc4OC=O)nc3n2)CC(C)(C)N1. The molecule has 1 aliphatic heterocycles. The van der Waals surface area contributed by atoms with Crippen molar-refractivity contribution >= 4 is 12.2 Å². The van der Waals surface area contributed by atoms with Crippen LogP contribution in [0.3, 0.4) is 0 Å². The number of piperidine rings is 1. The molecule has 0 amide bonds. The zero-order chi connectivity index (χ0) is 24.1. The first-order chi connectivity index (χ1) is 16.1. The van der Waals surface area contributed by atoms with E-state index >= 15 is 4.39 Å². The molecule has 0 aliphatic carbocycles. The largest absolute Gasteiger partial charge is 0.428 e. The minimum absolute atomic E-state index is 0.0177. The number of carbonyl (C=O) groups is 1. The zero-order valence-corrected chi connectivity index (χ0v) is 19.5. The summed E-state index contributed by atoms with van der Waals surface area (Å²) in [4.78, 5) is 21.8. The minimum Gasteiger partial charge on any atom is -0.428 e. The van der Waals surface area contributed by atoms with Crippen LogP contribution in [0.5, 0.6) is 5.75 Å². The number of hydrogen-bond donors (Lipinski definition) is 1. The number of fused-ring (bicyclic) bond motifs is 1. The van der Waals surface area contributed by atoms with Crippen molar-refractivity contribution in [1.29, 1.82) is 0 Å². The van der Waals surface area contributed by atoms with Crippen LogP contribution in [0.25, 0.3) is 22.7 Å².